The van der Waals surface area contributed by atoms with Gasteiger partial charge in [0.25, 0.3) is 0 Å². The van der Waals surface area contributed by atoms with Gasteiger partial charge < -0.3 is 14.8 Å². The quantitative estimate of drug-likeness (QED) is 0.861. The minimum atomic E-state index is -0.519. The average molecular weight is 297 g/mol. The smallest absolute Gasteiger partial charge is 0.234 e. The van der Waals surface area contributed by atoms with Gasteiger partial charge in [-0.1, -0.05) is 18.2 Å². The Morgan fingerprint density at radius 2 is 1.64 bits per heavy atom. The Morgan fingerprint density at radius 1 is 0.955 bits per heavy atom. The van der Waals surface area contributed by atoms with E-state index in [-0.39, 0.29) is 5.91 Å². The monoisotopic (exact) mass is 297 g/mol. The van der Waals surface area contributed by atoms with Crippen LogP contribution in [-0.2, 0) is 10.2 Å². The standard InChI is InChI=1S/C18H19NO3/c1-18(2)15-12-14(8-9-16(15)19-17(18)20)22-11-10-21-13-6-4-3-5-7-13/h3-9,12H,10-11H2,1-2H3,(H,19,20). The third kappa shape index (κ3) is 2.77. The van der Waals surface area contributed by atoms with Gasteiger partial charge in [-0.2, -0.15) is 0 Å². The molecule has 1 heterocycles. The van der Waals surface area contributed by atoms with Gasteiger partial charge in [0.2, 0.25) is 5.91 Å². The second-order valence-electron chi connectivity index (χ2n) is 5.80. The van der Waals surface area contributed by atoms with Crippen molar-refractivity contribution in [3.63, 3.8) is 0 Å². The predicted molar refractivity (Wildman–Crippen MR) is 85.5 cm³/mol. The lowest BCUT2D eigenvalue weighted by Crippen LogP contribution is -2.26. The van der Waals surface area contributed by atoms with E-state index in [9.17, 15) is 4.79 Å². The summed E-state index contributed by atoms with van der Waals surface area (Å²) < 4.78 is 11.3. The number of carbonyl (C=O) groups is 1. The van der Waals surface area contributed by atoms with Gasteiger partial charge in [-0.3, -0.25) is 4.79 Å². The van der Waals surface area contributed by atoms with Crippen LogP contribution in [0.1, 0.15) is 19.4 Å². The molecule has 22 heavy (non-hydrogen) atoms. The highest BCUT2D eigenvalue weighted by atomic mass is 16.5. The molecule has 1 N–H and O–H groups in total. The first kappa shape index (κ1) is 14.4. The number of hydrogen-bond acceptors (Lipinski definition) is 3. The highest BCUT2D eigenvalue weighted by molar-refractivity contribution is 6.05. The molecule has 2 aromatic rings. The van der Waals surface area contributed by atoms with Crippen molar-refractivity contribution in [2.75, 3.05) is 18.5 Å². The van der Waals surface area contributed by atoms with Crippen molar-refractivity contribution in [3.05, 3.63) is 54.1 Å². The van der Waals surface area contributed by atoms with E-state index in [1.165, 1.54) is 0 Å². The molecule has 0 atom stereocenters. The SMILES string of the molecule is CC1(C)C(=O)Nc2ccc(OCCOc3ccccc3)cc21. The molecule has 0 spiro atoms. The van der Waals surface area contributed by atoms with Crippen molar-refractivity contribution >= 4 is 11.6 Å². The Hall–Kier alpha value is -2.49. The average Bonchev–Trinajstić information content (AvgIpc) is 2.75. The normalized spacial score (nSPS) is 15.1. The van der Waals surface area contributed by atoms with Crippen LogP contribution in [0.4, 0.5) is 5.69 Å². The molecule has 4 nitrogen and oxygen atoms in total. The molecule has 0 aromatic heterocycles. The lowest BCUT2D eigenvalue weighted by Gasteiger charge is -2.16. The van der Waals surface area contributed by atoms with Crippen molar-refractivity contribution in [1.82, 2.24) is 0 Å². The topological polar surface area (TPSA) is 47.6 Å². The maximum Gasteiger partial charge on any atom is 0.234 e. The molecule has 3 rings (SSSR count). The Kier molecular flexibility index (Phi) is 3.75. The summed E-state index contributed by atoms with van der Waals surface area (Å²) >= 11 is 0. The number of amides is 1. The van der Waals surface area contributed by atoms with Crippen molar-refractivity contribution in [1.29, 1.82) is 0 Å². The number of para-hydroxylation sites is 1. The number of nitrogens with one attached hydrogen (secondary N) is 1. The fourth-order valence-electron chi connectivity index (χ4n) is 2.48. The summed E-state index contributed by atoms with van der Waals surface area (Å²) in [6.45, 7) is 4.75. The second kappa shape index (κ2) is 5.72. The number of rotatable bonds is 5. The van der Waals surface area contributed by atoms with Gasteiger partial charge in [-0.15, -0.1) is 0 Å². The second-order valence-corrected chi connectivity index (χ2v) is 5.80. The third-order valence-electron chi connectivity index (χ3n) is 3.84. The molecular formula is C18H19NO3. The Bertz CT molecular complexity index is 680. The van der Waals surface area contributed by atoms with Crippen LogP contribution in [0.15, 0.2) is 48.5 Å². The highest BCUT2D eigenvalue weighted by Crippen LogP contribution is 2.39. The largest absolute Gasteiger partial charge is 0.490 e. The summed E-state index contributed by atoms with van der Waals surface area (Å²) in [4.78, 5) is 11.9. The van der Waals surface area contributed by atoms with Crippen LogP contribution in [-0.4, -0.2) is 19.1 Å². The van der Waals surface area contributed by atoms with Crippen LogP contribution >= 0.6 is 0 Å². The lowest BCUT2D eigenvalue weighted by molar-refractivity contribution is -0.119. The molecule has 114 valence electrons. The molecule has 1 amide bonds. The molecule has 1 aliphatic rings. The van der Waals surface area contributed by atoms with Gasteiger partial charge in [0.1, 0.15) is 24.7 Å². The van der Waals surface area contributed by atoms with Crippen molar-refractivity contribution in [3.8, 4) is 11.5 Å². The summed E-state index contributed by atoms with van der Waals surface area (Å²) in [7, 11) is 0. The van der Waals surface area contributed by atoms with E-state index in [4.69, 9.17) is 9.47 Å². The molecule has 0 saturated carbocycles. The molecule has 0 bridgehead atoms. The zero-order valence-corrected chi connectivity index (χ0v) is 12.8. The van der Waals surface area contributed by atoms with Gasteiger partial charge in [0.05, 0.1) is 5.41 Å². The van der Waals surface area contributed by atoms with Gasteiger partial charge in [0.15, 0.2) is 0 Å². The Morgan fingerprint density at radius 3 is 2.36 bits per heavy atom. The van der Waals surface area contributed by atoms with E-state index in [0.717, 1.165) is 22.7 Å². The van der Waals surface area contributed by atoms with Gasteiger partial charge in [0, 0.05) is 5.69 Å². The van der Waals surface area contributed by atoms with Crippen molar-refractivity contribution in [2.45, 2.75) is 19.3 Å². The number of hydrogen-bond donors (Lipinski definition) is 1. The first-order chi connectivity index (χ1) is 10.6. The maximum absolute atomic E-state index is 11.9. The summed E-state index contributed by atoms with van der Waals surface area (Å²) in [5.41, 5.74) is 1.32. The summed E-state index contributed by atoms with van der Waals surface area (Å²) in [5.74, 6) is 1.60. The van der Waals surface area contributed by atoms with Crippen molar-refractivity contribution in [2.24, 2.45) is 0 Å². The minimum absolute atomic E-state index is 0.0204. The zero-order chi connectivity index (χ0) is 15.6. The number of ether oxygens (including phenoxy) is 2. The van der Waals surface area contributed by atoms with Gasteiger partial charge >= 0.3 is 0 Å². The molecule has 0 unspecified atom stereocenters. The fraction of sp³-hybridized carbons (Fsp3) is 0.278. The molecule has 0 fully saturated rings. The van der Waals surface area contributed by atoms with Crippen LogP contribution in [0.2, 0.25) is 0 Å². The first-order valence-electron chi connectivity index (χ1n) is 7.34. The van der Waals surface area contributed by atoms with Crippen LogP contribution in [0.5, 0.6) is 11.5 Å². The van der Waals surface area contributed by atoms with E-state index in [0.29, 0.717) is 13.2 Å². The van der Waals surface area contributed by atoms with E-state index in [2.05, 4.69) is 5.32 Å². The minimum Gasteiger partial charge on any atom is -0.490 e. The highest BCUT2D eigenvalue weighted by Gasteiger charge is 2.38. The van der Waals surface area contributed by atoms with Crippen molar-refractivity contribution < 1.29 is 14.3 Å². The van der Waals surface area contributed by atoms with Gasteiger partial charge in [-0.05, 0) is 49.7 Å². The van der Waals surface area contributed by atoms with E-state index >= 15 is 0 Å². The maximum atomic E-state index is 11.9. The molecular weight excluding hydrogens is 278 g/mol. The van der Waals surface area contributed by atoms with E-state index in [1.807, 2.05) is 62.4 Å². The molecule has 1 aliphatic heterocycles. The lowest BCUT2D eigenvalue weighted by atomic mass is 9.86. The summed E-state index contributed by atoms with van der Waals surface area (Å²) in [6.07, 6.45) is 0. The van der Waals surface area contributed by atoms with E-state index < -0.39 is 5.41 Å². The Balaban J connectivity index is 1.58. The van der Waals surface area contributed by atoms with Crippen LogP contribution in [0, 0.1) is 0 Å². The first-order valence-corrected chi connectivity index (χ1v) is 7.34. The summed E-state index contributed by atoms with van der Waals surface area (Å²) in [5, 5.41) is 2.88. The number of anilines is 1. The Labute approximate surface area is 130 Å². The van der Waals surface area contributed by atoms with Gasteiger partial charge in [-0.25, -0.2) is 0 Å². The number of fused-ring (bicyclic) bond motifs is 1. The third-order valence-corrected chi connectivity index (χ3v) is 3.84. The number of carbonyl (C=O) groups excluding carboxylic acids is 1. The zero-order valence-electron chi connectivity index (χ0n) is 12.8. The van der Waals surface area contributed by atoms with E-state index in [1.54, 1.807) is 0 Å². The number of benzene rings is 2. The predicted octanol–water partition coefficient (Wildman–Crippen LogP) is 3.37. The van der Waals surface area contributed by atoms with Crippen LogP contribution < -0.4 is 14.8 Å². The van der Waals surface area contributed by atoms with Crippen LogP contribution in [0.3, 0.4) is 0 Å². The molecule has 4 heteroatoms. The molecule has 0 radical (unpaired) electrons. The van der Waals surface area contributed by atoms with Crippen LogP contribution in [0.25, 0.3) is 0 Å². The molecule has 0 aliphatic carbocycles. The fourth-order valence-corrected chi connectivity index (χ4v) is 2.48. The molecule has 0 saturated heterocycles. The summed E-state index contributed by atoms with van der Waals surface area (Å²) in [6, 6.07) is 15.3. The molecule has 2 aromatic carbocycles.